The van der Waals surface area contributed by atoms with Gasteiger partial charge in [-0.1, -0.05) is 36.4 Å². The summed E-state index contributed by atoms with van der Waals surface area (Å²) < 4.78 is 30.7. The fraction of sp³-hybridized carbons (Fsp3) is 0.188. The van der Waals surface area contributed by atoms with Crippen LogP contribution < -0.4 is 20.1 Å². The zero-order valence-electron chi connectivity index (χ0n) is 22.9. The van der Waals surface area contributed by atoms with E-state index < -0.39 is 11.9 Å². The summed E-state index contributed by atoms with van der Waals surface area (Å²) in [6.45, 7) is 2.41. The van der Waals surface area contributed by atoms with Crippen molar-refractivity contribution in [2.75, 3.05) is 14.2 Å². The Kier molecular flexibility index (Phi) is 8.16. The maximum atomic E-state index is 14.7. The average Bonchev–Trinajstić information content (AvgIpc) is 3.60. The van der Waals surface area contributed by atoms with Gasteiger partial charge in [0, 0.05) is 6.54 Å². The van der Waals surface area contributed by atoms with Crippen LogP contribution in [0.1, 0.15) is 35.1 Å². The molecule has 0 spiro atoms. The first-order chi connectivity index (χ1) is 19.9. The number of methoxy groups -OCH3 is 2. The van der Waals surface area contributed by atoms with Crippen molar-refractivity contribution in [3.8, 4) is 17.2 Å². The van der Waals surface area contributed by atoms with E-state index in [-0.39, 0.29) is 29.7 Å². The van der Waals surface area contributed by atoms with Crippen LogP contribution in [-0.4, -0.2) is 36.3 Å². The first-order valence-corrected chi connectivity index (χ1v) is 13.0. The Morgan fingerprint density at radius 1 is 1.05 bits per heavy atom. The third-order valence-electron chi connectivity index (χ3n) is 6.98. The van der Waals surface area contributed by atoms with Gasteiger partial charge in [-0.2, -0.15) is 0 Å². The number of allylic oxidation sites excluding steroid dienone is 2. The number of oxazole rings is 1. The molecule has 0 saturated heterocycles. The molecule has 9 heteroatoms. The number of hydrogen-bond acceptors (Lipinski definition) is 7. The highest BCUT2D eigenvalue weighted by Crippen LogP contribution is 2.45. The minimum absolute atomic E-state index is 0.107. The molecule has 1 unspecified atom stereocenters. The number of carbonyl (C=O) groups is 1. The molecule has 1 aliphatic rings. The van der Waals surface area contributed by atoms with Gasteiger partial charge in [0.1, 0.15) is 18.1 Å². The van der Waals surface area contributed by atoms with Crippen molar-refractivity contribution in [3.63, 3.8) is 0 Å². The molecular weight excluding hydrogens is 525 g/mol. The summed E-state index contributed by atoms with van der Waals surface area (Å²) in [7, 11) is 2.92. The number of carbonyl (C=O) groups excluding carboxylic acids is 1. The molecular formula is C32H30FN3O5. The van der Waals surface area contributed by atoms with Crippen LogP contribution in [0, 0.1) is 5.82 Å². The first kappa shape index (κ1) is 27.7. The van der Waals surface area contributed by atoms with Crippen LogP contribution in [0.15, 0.2) is 83.1 Å². The monoisotopic (exact) mass is 555 g/mol. The van der Waals surface area contributed by atoms with Gasteiger partial charge < -0.3 is 24.3 Å². The number of halogens is 1. The average molecular weight is 556 g/mol. The van der Waals surface area contributed by atoms with Crippen molar-refractivity contribution in [2.24, 2.45) is 0 Å². The maximum absolute atomic E-state index is 14.7. The molecule has 41 heavy (non-hydrogen) atoms. The van der Waals surface area contributed by atoms with Crippen LogP contribution in [0.25, 0.3) is 17.2 Å². The van der Waals surface area contributed by atoms with Crippen molar-refractivity contribution in [1.29, 1.82) is 0 Å². The molecule has 210 valence electrons. The van der Waals surface area contributed by atoms with Gasteiger partial charge in [-0.3, -0.25) is 10.1 Å². The first-order valence-electron chi connectivity index (χ1n) is 13.0. The van der Waals surface area contributed by atoms with Gasteiger partial charge >= 0.3 is 0 Å². The van der Waals surface area contributed by atoms with E-state index in [1.54, 1.807) is 18.2 Å². The standard InChI is InChI=1S/C32H30FN3O5/c1-19-24(13-21-14-26(39-2)31(37)27(15-21)40-3)23-10-9-22(33)16-25(23)29(19)30(35-18-28-34-11-12-41-28)32(38)36-17-20-7-5-4-6-8-20/h4-16,30,35,37H,17-18H2,1-3H3,(H,36,38)/b24-13-. The molecule has 1 aromatic heterocycles. The molecule has 0 aliphatic heterocycles. The van der Waals surface area contributed by atoms with Crippen molar-refractivity contribution in [2.45, 2.75) is 26.1 Å². The molecule has 1 amide bonds. The quantitative estimate of drug-likeness (QED) is 0.243. The zero-order valence-corrected chi connectivity index (χ0v) is 22.9. The second-order valence-corrected chi connectivity index (χ2v) is 9.50. The lowest BCUT2D eigenvalue weighted by Crippen LogP contribution is -2.44. The molecule has 0 bridgehead atoms. The Balaban J connectivity index is 1.58. The highest BCUT2D eigenvalue weighted by molar-refractivity contribution is 6.11. The van der Waals surface area contributed by atoms with Crippen LogP contribution in [0.4, 0.5) is 4.39 Å². The maximum Gasteiger partial charge on any atom is 0.242 e. The van der Waals surface area contributed by atoms with Crippen LogP contribution in [0.3, 0.4) is 0 Å². The number of hydrogen-bond donors (Lipinski definition) is 3. The minimum atomic E-state index is -0.846. The van der Waals surface area contributed by atoms with Gasteiger partial charge in [-0.15, -0.1) is 0 Å². The van der Waals surface area contributed by atoms with Gasteiger partial charge in [0.2, 0.25) is 17.5 Å². The van der Waals surface area contributed by atoms with E-state index in [2.05, 4.69) is 15.6 Å². The third kappa shape index (κ3) is 5.85. The van der Waals surface area contributed by atoms with Gasteiger partial charge in [0.15, 0.2) is 11.5 Å². The van der Waals surface area contributed by atoms with Crippen molar-refractivity contribution >= 4 is 23.1 Å². The lowest BCUT2D eigenvalue weighted by Gasteiger charge is -2.21. The van der Waals surface area contributed by atoms with Gasteiger partial charge in [-0.25, -0.2) is 9.37 Å². The highest BCUT2D eigenvalue weighted by Gasteiger charge is 2.33. The summed E-state index contributed by atoms with van der Waals surface area (Å²) in [5, 5.41) is 16.7. The number of aromatic nitrogens is 1. The SMILES string of the molecule is COc1cc(/C=C2/C(C)=C(C(NCc3ncco3)C(=O)NCc3ccccc3)c3cc(F)ccc32)cc(OC)c1O. The molecule has 1 aliphatic carbocycles. The predicted molar refractivity (Wildman–Crippen MR) is 153 cm³/mol. The van der Waals surface area contributed by atoms with Gasteiger partial charge in [0.25, 0.3) is 0 Å². The van der Waals surface area contributed by atoms with E-state index in [1.165, 1.54) is 38.8 Å². The number of nitrogens with zero attached hydrogens (tertiary/aromatic N) is 1. The zero-order chi connectivity index (χ0) is 28.9. The Bertz CT molecular complexity index is 1590. The fourth-order valence-corrected chi connectivity index (χ4v) is 4.99. The smallest absolute Gasteiger partial charge is 0.242 e. The Hall–Kier alpha value is -4.89. The summed E-state index contributed by atoms with van der Waals surface area (Å²) in [6.07, 6.45) is 4.90. The summed E-state index contributed by atoms with van der Waals surface area (Å²) in [5.74, 6) is 0.117. The number of phenolic OH excluding ortho intramolecular Hbond substituents is 1. The minimum Gasteiger partial charge on any atom is -0.502 e. The molecule has 1 heterocycles. The van der Waals surface area contributed by atoms with E-state index in [9.17, 15) is 14.3 Å². The molecule has 0 radical (unpaired) electrons. The van der Waals surface area contributed by atoms with Crippen LogP contribution in [0.2, 0.25) is 0 Å². The van der Waals surface area contributed by atoms with Crippen molar-refractivity contribution in [3.05, 3.63) is 113 Å². The lowest BCUT2D eigenvalue weighted by atomic mass is 9.97. The third-order valence-corrected chi connectivity index (χ3v) is 6.98. The number of benzene rings is 3. The molecule has 3 N–H and O–H groups in total. The highest BCUT2D eigenvalue weighted by atomic mass is 19.1. The van der Waals surface area contributed by atoms with Crippen LogP contribution in [0.5, 0.6) is 17.2 Å². The molecule has 1 atom stereocenters. The summed E-state index contributed by atoms with van der Waals surface area (Å²) in [4.78, 5) is 17.9. The molecule has 4 aromatic rings. The molecule has 5 rings (SSSR count). The summed E-state index contributed by atoms with van der Waals surface area (Å²) in [5.41, 5.74) is 5.24. The lowest BCUT2D eigenvalue weighted by molar-refractivity contribution is -0.122. The van der Waals surface area contributed by atoms with Crippen molar-refractivity contribution < 1.29 is 28.2 Å². The number of fused-ring (bicyclic) bond motifs is 1. The summed E-state index contributed by atoms with van der Waals surface area (Å²) in [6, 6.07) is 16.7. The van der Waals surface area contributed by atoms with Gasteiger partial charge in [-0.05, 0) is 76.2 Å². The molecule has 8 nitrogen and oxygen atoms in total. The summed E-state index contributed by atoms with van der Waals surface area (Å²) >= 11 is 0. The van der Waals surface area contributed by atoms with E-state index >= 15 is 0 Å². The predicted octanol–water partition coefficient (Wildman–Crippen LogP) is 5.34. The van der Waals surface area contributed by atoms with Crippen LogP contribution in [-0.2, 0) is 17.9 Å². The number of phenols is 1. The number of nitrogens with one attached hydrogen (secondary N) is 2. The Morgan fingerprint density at radius 3 is 2.44 bits per heavy atom. The molecule has 0 fully saturated rings. The van der Waals surface area contributed by atoms with E-state index in [1.807, 2.05) is 43.3 Å². The van der Waals surface area contributed by atoms with E-state index in [4.69, 9.17) is 13.9 Å². The van der Waals surface area contributed by atoms with Crippen molar-refractivity contribution in [1.82, 2.24) is 15.6 Å². The van der Waals surface area contributed by atoms with E-state index in [0.717, 1.165) is 22.3 Å². The second kappa shape index (κ2) is 12.1. The van der Waals surface area contributed by atoms with E-state index in [0.29, 0.717) is 29.1 Å². The van der Waals surface area contributed by atoms with Gasteiger partial charge in [0.05, 0.1) is 27.0 Å². The number of aromatic hydroxyl groups is 1. The Morgan fingerprint density at radius 2 is 1.78 bits per heavy atom. The largest absolute Gasteiger partial charge is 0.502 e. The van der Waals surface area contributed by atoms with Crippen LogP contribution >= 0.6 is 0 Å². The molecule has 0 saturated carbocycles. The normalized spacial score (nSPS) is 14.2. The fourth-order valence-electron chi connectivity index (χ4n) is 4.99. The second-order valence-electron chi connectivity index (χ2n) is 9.50. The number of rotatable bonds is 10. The topological polar surface area (TPSA) is 106 Å². The Labute approximate surface area is 237 Å². The number of ether oxygens (including phenoxy) is 2. The molecule has 3 aromatic carbocycles. The number of amides is 1.